The summed E-state index contributed by atoms with van der Waals surface area (Å²) in [6.07, 6.45) is 1.50. The number of carbonyl (C=O) groups excluding carboxylic acids is 1. The number of thioether (sulfide) groups is 1. The van der Waals surface area contributed by atoms with Gasteiger partial charge in [-0.3, -0.25) is 4.79 Å². The summed E-state index contributed by atoms with van der Waals surface area (Å²) in [5.41, 5.74) is 4.27. The Balaban J connectivity index is 1.64. The highest BCUT2D eigenvalue weighted by atomic mass is 32.2. The van der Waals surface area contributed by atoms with E-state index in [4.69, 9.17) is 9.40 Å². The highest BCUT2D eigenvalue weighted by molar-refractivity contribution is 7.99. The van der Waals surface area contributed by atoms with Gasteiger partial charge in [-0.05, 0) is 19.1 Å². The van der Waals surface area contributed by atoms with Crippen molar-refractivity contribution in [3.05, 3.63) is 59.7 Å². The highest BCUT2D eigenvalue weighted by Crippen LogP contribution is 2.33. The van der Waals surface area contributed by atoms with E-state index in [0.717, 1.165) is 34.4 Å². The molecule has 3 aromatic rings. The quantitative estimate of drug-likeness (QED) is 0.790. The van der Waals surface area contributed by atoms with Gasteiger partial charge in [0.15, 0.2) is 10.9 Å². The van der Waals surface area contributed by atoms with E-state index >= 15 is 0 Å². The molecule has 1 aromatic carbocycles. The summed E-state index contributed by atoms with van der Waals surface area (Å²) < 4.78 is 7.34. The molecule has 122 valence electrons. The van der Waals surface area contributed by atoms with E-state index in [-0.39, 0.29) is 5.91 Å². The number of rotatable bonds is 4. The molecule has 24 heavy (non-hydrogen) atoms. The van der Waals surface area contributed by atoms with Crippen LogP contribution in [0.1, 0.15) is 21.8 Å². The number of amides is 1. The fourth-order valence-electron chi connectivity index (χ4n) is 2.81. The summed E-state index contributed by atoms with van der Waals surface area (Å²) in [5, 5.41) is 3.96. The number of hydrogen-bond acceptors (Lipinski definition) is 4. The van der Waals surface area contributed by atoms with Crippen molar-refractivity contribution in [1.82, 2.24) is 14.9 Å². The molecule has 3 heterocycles. The molecule has 0 spiro atoms. The van der Waals surface area contributed by atoms with Gasteiger partial charge in [-0.15, -0.1) is 0 Å². The van der Waals surface area contributed by atoms with E-state index in [0.29, 0.717) is 12.3 Å². The lowest BCUT2D eigenvalue weighted by Gasteiger charge is -2.09. The highest BCUT2D eigenvalue weighted by Gasteiger charge is 2.23. The van der Waals surface area contributed by atoms with E-state index < -0.39 is 0 Å². The Labute approximate surface area is 144 Å². The van der Waals surface area contributed by atoms with Gasteiger partial charge in [0.25, 0.3) is 5.91 Å². The molecule has 0 radical (unpaired) electrons. The maximum atomic E-state index is 12.2. The molecule has 0 fully saturated rings. The average molecular weight is 339 g/mol. The predicted octanol–water partition coefficient (Wildman–Crippen LogP) is 3.49. The monoisotopic (exact) mass is 339 g/mol. The van der Waals surface area contributed by atoms with Gasteiger partial charge in [-0.2, -0.15) is 0 Å². The molecule has 0 atom stereocenters. The summed E-state index contributed by atoms with van der Waals surface area (Å²) in [5.74, 6) is 1.13. The van der Waals surface area contributed by atoms with E-state index in [2.05, 4.69) is 41.1 Å². The van der Waals surface area contributed by atoms with Crippen molar-refractivity contribution >= 4 is 17.7 Å². The van der Waals surface area contributed by atoms with E-state index in [9.17, 15) is 4.79 Å². The summed E-state index contributed by atoms with van der Waals surface area (Å²) in [7, 11) is 0. The van der Waals surface area contributed by atoms with Gasteiger partial charge in [-0.1, -0.05) is 41.6 Å². The van der Waals surface area contributed by atoms with Crippen LogP contribution >= 0.6 is 11.8 Å². The van der Waals surface area contributed by atoms with Gasteiger partial charge in [0.1, 0.15) is 0 Å². The molecule has 5 nitrogen and oxygen atoms in total. The minimum absolute atomic E-state index is 0.212. The largest absolute Gasteiger partial charge is 0.459 e. The zero-order chi connectivity index (χ0) is 16.5. The molecule has 1 amide bonds. The van der Waals surface area contributed by atoms with Gasteiger partial charge in [0.2, 0.25) is 0 Å². The van der Waals surface area contributed by atoms with Crippen LogP contribution in [0.25, 0.3) is 11.3 Å². The molecule has 0 bridgehead atoms. The number of fused-ring (bicyclic) bond motifs is 1. The predicted molar refractivity (Wildman–Crippen MR) is 93.0 cm³/mol. The van der Waals surface area contributed by atoms with Crippen LogP contribution in [0.15, 0.2) is 52.2 Å². The van der Waals surface area contributed by atoms with Crippen molar-refractivity contribution in [3.63, 3.8) is 0 Å². The number of aromatic nitrogens is 2. The molecule has 0 saturated heterocycles. The van der Waals surface area contributed by atoms with Crippen LogP contribution in [0.4, 0.5) is 0 Å². The van der Waals surface area contributed by atoms with Crippen LogP contribution in [0, 0.1) is 6.92 Å². The number of carbonyl (C=O) groups is 1. The summed E-state index contributed by atoms with van der Waals surface area (Å²) in [6.45, 7) is 3.42. The van der Waals surface area contributed by atoms with Crippen LogP contribution in [0.2, 0.25) is 0 Å². The van der Waals surface area contributed by atoms with Gasteiger partial charge >= 0.3 is 0 Å². The molecule has 2 aromatic heterocycles. The number of hydrogen-bond donors (Lipinski definition) is 1. The summed E-state index contributed by atoms with van der Waals surface area (Å²) in [4.78, 5) is 16.9. The van der Waals surface area contributed by atoms with Crippen molar-refractivity contribution in [2.45, 2.75) is 25.2 Å². The molecule has 6 heteroatoms. The Kier molecular flexibility index (Phi) is 3.90. The van der Waals surface area contributed by atoms with E-state index in [1.807, 2.05) is 0 Å². The second-order valence-electron chi connectivity index (χ2n) is 5.72. The topological polar surface area (TPSA) is 60.1 Å². The number of benzene rings is 1. The van der Waals surface area contributed by atoms with Crippen LogP contribution in [-0.4, -0.2) is 21.2 Å². The maximum absolute atomic E-state index is 12.2. The third kappa shape index (κ3) is 2.73. The minimum atomic E-state index is -0.212. The average Bonchev–Trinajstić information content (AvgIpc) is 3.31. The molecule has 0 saturated carbocycles. The SMILES string of the molecule is Cc1ccc(-c2nc3n(c2CNC(=O)c2ccco2)CCS3)cc1. The van der Waals surface area contributed by atoms with Gasteiger partial charge in [-0.25, -0.2) is 4.98 Å². The summed E-state index contributed by atoms with van der Waals surface area (Å²) >= 11 is 1.75. The van der Waals surface area contributed by atoms with E-state index in [1.165, 1.54) is 11.8 Å². The maximum Gasteiger partial charge on any atom is 0.287 e. The number of imidazole rings is 1. The Morgan fingerprint density at radius 3 is 2.92 bits per heavy atom. The first kappa shape index (κ1) is 15.1. The normalized spacial score (nSPS) is 13.0. The first-order chi connectivity index (χ1) is 11.7. The zero-order valence-electron chi connectivity index (χ0n) is 13.3. The Hall–Kier alpha value is -2.47. The summed E-state index contributed by atoms with van der Waals surface area (Å²) in [6, 6.07) is 11.7. The van der Waals surface area contributed by atoms with Crippen molar-refractivity contribution in [3.8, 4) is 11.3 Å². The third-order valence-electron chi connectivity index (χ3n) is 4.07. The molecule has 1 aliphatic heterocycles. The molecule has 4 rings (SSSR count). The van der Waals surface area contributed by atoms with Crippen LogP contribution < -0.4 is 5.32 Å². The van der Waals surface area contributed by atoms with Crippen LogP contribution in [-0.2, 0) is 13.1 Å². The zero-order valence-corrected chi connectivity index (χ0v) is 14.1. The molecule has 0 unspecified atom stereocenters. The molecular formula is C18H17N3O2S. The molecular weight excluding hydrogens is 322 g/mol. The van der Waals surface area contributed by atoms with Gasteiger partial charge in [0.05, 0.1) is 24.2 Å². The van der Waals surface area contributed by atoms with Crippen molar-refractivity contribution in [2.24, 2.45) is 0 Å². The van der Waals surface area contributed by atoms with E-state index in [1.54, 1.807) is 23.9 Å². The lowest BCUT2D eigenvalue weighted by Crippen LogP contribution is -2.24. The Bertz CT molecular complexity index is 867. The number of nitrogens with zero attached hydrogens (tertiary/aromatic N) is 2. The van der Waals surface area contributed by atoms with Gasteiger partial charge < -0.3 is 14.3 Å². The number of aryl methyl sites for hydroxylation is 1. The van der Waals surface area contributed by atoms with Crippen molar-refractivity contribution in [2.75, 3.05) is 5.75 Å². The second-order valence-corrected chi connectivity index (χ2v) is 6.78. The Morgan fingerprint density at radius 1 is 1.33 bits per heavy atom. The number of nitrogens with one attached hydrogen (secondary N) is 1. The first-order valence-electron chi connectivity index (χ1n) is 7.83. The fraction of sp³-hybridized carbons (Fsp3) is 0.222. The molecule has 1 N–H and O–H groups in total. The minimum Gasteiger partial charge on any atom is -0.459 e. The van der Waals surface area contributed by atoms with Crippen LogP contribution in [0.3, 0.4) is 0 Å². The van der Waals surface area contributed by atoms with Crippen molar-refractivity contribution < 1.29 is 9.21 Å². The lowest BCUT2D eigenvalue weighted by molar-refractivity contribution is 0.0922. The standard InChI is InChI=1S/C18H17N3O2S/c1-12-4-6-13(7-5-12)16-14(21-8-10-24-18(21)20-16)11-19-17(22)15-3-2-9-23-15/h2-7,9H,8,10-11H2,1H3,(H,19,22). The number of furan rings is 1. The van der Waals surface area contributed by atoms with Crippen molar-refractivity contribution in [1.29, 1.82) is 0 Å². The lowest BCUT2D eigenvalue weighted by atomic mass is 10.1. The molecule has 1 aliphatic rings. The fourth-order valence-corrected chi connectivity index (χ4v) is 3.78. The first-order valence-corrected chi connectivity index (χ1v) is 8.82. The third-order valence-corrected chi connectivity index (χ3v) is 5.03. The smallest absolute Gasteiger partial charge is 0.287 e. The van der Waals surface area contributed by atoms with Gasteiger partial charge in [0, 0.05) is 17.9 Å². The Morgan fingerprint density at radius 2 is 2.17 bits per heavy atom. The van der Waals surface area contributed by atoms with Crippen LogP contribution in [0.5, 0.6) is 0 Å². The second kappa shape index (κ2) is 6.20. The molecule has 0 aliphatic carbocycles.